The van der Waals surface area contributed by atoms with Gasteiger partial charge in [0.05, 0.1) is 6.21 Å². The van der Waals surface area contributed by atoms with Gasteiger partial charge in [0, 0.05) is 10.6 Å². The highest BCUT2D eigenvalue weighted by atomic mass is 35.5. The zero-order valence-electron chi connectivity index (χ0n) is 9.05. The predicted octanol–water partition coefficient (Wildman–Crippen LogP) is 2.43. The van der Waals surface area contributed by atoms with Gasteiger partial charge in [0.1, 0.15) is 0 Å². The molecule has 82 valence electrons. The summed E-state index contributed by atoms with van der Waals surface area (Å²) in [4.78, 5) is 0. The molecular weight excluding hydrogens is 224 g/mol. The molecular formula is C11H11ClN4. The number of aryl methyl sites for hydroxylation is 2. The highest BCUT2D eigenvalue weighted by Gasteiger charge is 2.01. The Morgan fingerprint density at radius 1 is 1.19 bits per heavy atom. The van der Waals surface area contributed by atoms with Gasteiger partial charge in [-0.2, -0.15) is 5.10 Å². The molecule has 0 atom stereocenters. The third kappa shape index (κ3) is 2.12. The van der Waals surface area contributed by atoms with Crippen LogP contribution in [0.15, 0.2) is 29.4 Å². The zero-order valence-corrected chi connectivity index (χ0v) is 9.81. The van der Waals surface area contributed by atoms with Crippen LogP contribution in [-0.4, -0.2) is 21.1 Å². The average molecular weight is 235 g/mol. The molecule has 2 aromatic rings. The minimum absolute atomic E-state index is 0.676. The SMILES string of the molecule is Cc1nnc(C)n1/N=C/c1ccccc1Cl. The lowest BCUT2D eigenvalue weighted by atomic mass is 10.2. The van der Waals surface area contributed by atoms with Crippen LogP contribution in [0.2, 0.25) is 5.02 Å². The van der Waals surface area contributed by atoms with Crippen LogP contribution in [0, 0.1) is 13.8 Å². The van der Waals surface area contributed by atoms with Crippen LogP contribution in [-0.2, 0) is 0 Å². The summed E-state index contributed by atoms with van der Waals surface area (Å²) in [6.07, 6.45) is 1.70. The summed E-state index contributed by atoms with van der Waals surface area (Å²) in [5, 5.41) is 12.8. The van der Waals surface area contributed by atoms with Crippen LogP contribution >= 0.6 is 11.6 Å². The molecule has 1 heterocycles. The molecule has 0 amide bonds. The summed E-state index contributed by atoms with van der Waals surface area (Å²) in [6.45, 7) is 3.70. The molecule has 0 saturated heterocycles. The fourth-order valence-corrected chi connectivity index (χ4v) is 1.51. The number of hydrogen-bond acceptors (Lipinski definition) is 3. The summed E-state index contributed by atoms with van der Waals surface area (Å²) < 4.78 is 1.67. The highest BCUT2D eigenvalue weighted by Crippen LogP contribution is 2.12. The highest BCUT2D eigenvalue weighted by molar-refractivity contribution is 6.33. The summed E-state index contributed by atoms with van der Waals surface area (Å²) in [7, 11) is 0. The number of benzene rings is 1. The lowest BCUT2D eigenvalue weighted by Crippen LogP contribution is -1.96. The van der Waals surface area contributed by atoms with Crippen LogP contribution in [0.25, 0.3) is 0 Å². The molecule has 0 aliphatic heterocycles. The molecule has 0 spiro atoms. The minimum atomic E-state index is 0.676. The van der Waals surface area contributed by atoms with E-state index in [1.807, 2.05) is 38.1 Å². The van der Waals surface area contributed by atoms with Gasteiger partial charge in [0.2, 0.25) is 0 Å². The standard InChI is InChI=1S/C11H11ClN4/c1-8-14-15-9(2)16(8)13-7-10-5-3-4-6-11(10)12/h3-7H,1-2H3/b13-7+. The Bertz CT molecular complexity index is 511. The van der Waals surface area contributed by atoms with E-state index in [9.17, 15) is 0 Å². The van der Waals surface area contributed by atoms with Gasteiger partial charge in [-0.25, -0.2) is 4.68 Å². The Morgan fingerprint density at radius 3 is 2.44 bits per heavy atom. The van der Waals surface area contributed by atoms with Crippen molar-refractivity contribution in [3.63, 3.8) is 0 Å². The molecule has 1 aromatic carbocycles. The molecule has 0 radical (unpaired) electrons. The van der Waals surface area contributed by atoms with Crippen molar-refractivity contribution in [3.05, 3.63) is 46.5 Å². The largest absolute Gasteiger partial charge is 0.202 e. The number of halogens is 1. The van der Waals surface area contributed by atoms with Crippen molar-refractivity contribution in [1.29, 1.82) is 0 Å². The first-order valence-corrected chi connectivity index (χ1v) is 5.24. The van der Waals surface area contributed by atoms with E-state index in [-0.39, 0.29) is 0 Å². The Hall–Kier alpha value is -1.68. The van der Waals surface area contributed by atoms with E-state index < -0.39 is 0 Å². The van der Waals surface area contributed by atoms with Gasteiger partial charge in [0.25, 0.3) is 0 Å². The quantitative estimate of drug-likeness (QED) is 0.749. The van der Waals surface area contributed by atoms with Gasteiger partial charge >= 0.3 is 0 Å². The Kier molecular flexibility index (Phi) is 3.01. The normalized spacial score (nSPS) is 11.2. The fraction of sp³-hybridized carbons (Fsp3) is 0.182. The Morgan fingerprint density at radius 2 is 1.81 bits per heavy atom. The first-order valence-electron chi connectivity index (χ1n) is 4.86. The molecule has 0 aliphatic carbocycles. The summed E-state index contributed by atoms with van der Waals surface area (Å²) in [6, 6.07) is 7.53. The molecule has 5 heteroatoms. The van der Waals surface area contributed by atoms with E-state index in [1.165, 1.54) is 0 Å². The maximum absolute atomic E-state index is 6.01. The number of aromatic nitrogens is 3. The molecule has 1 aromatic heterocycles. The minimum Gasteiger partial charge on any atom is -0.202 e. The van der Waals surface area contributed by atoms with Crippen LogP contribution in [0.5, 0.6) is 0 Å². The molecule has 0 saturated carbocycles. The Labute approximate surface area is 98.6 Å². The lowest BCUT2D eigenvalue weighted by Gasteiger charge is -1.98. The van der Waals surface area contributed by atoms with E-state index >= 15 is 0 Å². The summed E-state index contributed by atoms with van der Waals surface area (Å²) in [5.41, 5.74) is 0.872. The van der Waals surface area contributed by atoms with Crippen molar-refractivity contribution >= 4 is 17.8 Å². The number of nitrogens with zero attached hydrogens (tertiary/aromatic N) is 4. The molecule has 16 heavy (non-hydrogen) atoms. The van der Waals surface area contributed by atoms with Crippen LogP contribution < -0.4 is 0 Å². The molecule has 4 nitrogen and oxygen atoms in total. The van der Waals surface area contributed by atoms with Crippen LogP contribution in [0.1, 0.15) is 17.2 Å². The average Bonchev–Trinajstić information content (AvgIpc) is 2.58. The second-order valence-corrected chi connectivity index (χ2v) is 3.78. The molecule has 2 rings (SSSR count). The van der Waals surface area contributed by atoms with Gasteiger partial charge in [-0.3, -0.25) is 0 Å². The Balaban J connectivity index is 2.32. The van der Waals surface area contributed by atoms with Crippen molar-refractivity contribution in [3.8, 4) is 0 Å². The van der Waals surface area contributed by atoms with E-state index in [2.05, 4.69) is 15.3 Å². The second-order valence-electron chi connectivity index (χ2n) is 3.37. The lowest BCUT2D eigenvalue weighted by molar-refractivity contribution is 0.799. The van der Waals surface area contributed by atoms with E-state index in [0.29, 0.717) is 5.02 Å². The summed E-state index contributed by atoms with van der Waals surface area (Å²) >= 11 is 6.01. The van der Waals surface area contributed by atoms with Gasteiger partial charge < -0.3 is 0 Å². The van der Waals surface area contributed by atoms with Gasteiger partial charge in [0.15, 0.2) is 11.6 Å². The topological polar surface area (TPSA) is 43.1 Å². The predicted molar refractivity (Wildman–Crippen MR) is 63.9 cm³/mol. The fourth-order valence-electron chi connectivity index (χ4n) is 1.33. The van der Waals surface area contributed by atoms with E-state index in [1.54, 1.807) is 10.9 Å². The van der Waals surface area contributed by atoms with Crippen LogP contribution in [0.3, 0.4) is 0 Å². The molecule has 0 N–H and O–H groups in total. The van der Waals surface area contributed by atoms with Crippen molar-refractivity contribution in [2.45, 2.75) is 13.8 Å². The first-order chi connectivity index (χ1) is 7.68. The molecule has 0 bridgehead atoms. The first kappa shape index (κ1) is 10.8. The van der Waals surface area contributed by atoms with E-state index in [0.717, 1.165) is 17.2 Å². The maximum atomic E-state index is 6.01. The second kappa shape index (κ2) is 4.45. The smallest absolute Gasteiger partial charge is 0.151 e. The number of hydrogen-bond donors (Lipinski definition) is 0. The van der Waals surface area contributed by atoms with E-state index in [4.69, 9.17) is 11.6 Å². The molecule has 0 fully saturated rings. The van der Waals surface area contributed by atoms with Crippen LogP contribution in [0.4, 0.5) is 0 Å². The van der Waals surface area contributed by atoms with Crippen molar-refractivity contribution in [2.24, 2.45) is 5.10 Å². The van der Waals surface area contributed by atoms with Gasteiger partial charge in [-0.05, 0) is 19.9 Å². The van der Waals surface area contributed by atoms with Gasteiger partial charge in [-0.15, -0.1) is 10.2 Å². The van der Waals surface area contributed by atoms with Crippen molar-refractivity contribution < 1.29 is 0 Å². The molecule has 0 unspecified atom stereocenters. The maximum Gasteiger partial charge on any atom is 0.151 e. The summed E-state index contributed by atoms with van der Waals surface area (Å²) in [5.74, 6) is 1.50. The van der Waals surface area contributed by atoms with Crippen molar-refractivity contribution in [2.75, 3.05) is 0 Å². The monoisotopic (exact) mass is 234 g/mol. The van der Waals surface area contributed by atoms with Crippen molar-refractivity contribution in [1.82, 2.24) is 14.9 Å². The number of rotatable bonds is 2. The molecule has 0 aliphatic rings. The third-order valence-corrected chi connectivity index (χ3v) is 2.51. The zero-order chi connectivity index (χ0) is 11.5. The van der Waals surface area contributed by atoms with Gasteiger partial charge in [-0.1, -0.05) is 29.8 Å². The third-order valence-electron chi connectivity index (χ3n) is 2.17.